The summed E-state index contributed by atoms with van der Waals surface area (Å²) in [5.74, 6) is 0.785. The zero-order valence-electron chi connectivity index (χ0n) is 11.1. The van der Waals surface area contributed by atoms with E-state index in [-0.39, 0.29) is 0 Å². The fourth-order valence-electron chi connectivity index (χ4n) is 1.61. The molecule has 0 saturated heterocycles. The van der Waals surface area contributed by atoms with Crippen LogP contribution < -0.4 is 10.5 Å². The molecule has 0 aliphatic carbocycles. The molecule has 18 heavy (non-hydrogen) atoms. The van der Waals surface area contributed by atoms with Crippen LogP contribution in [0.3, 0.4) is 0 Å². The molecule has 1 rings (SSSR count). The number of nitrogens with zero attached hydrogens (tertiary/aromatic N) is 1. The molecule has 1 aromatic carbocycles. The van der Waals surface area contributed by atoms with Gasteiger partial charge in [0, 0.05) is 11.4 Å². The second-order valence-electron chi connectivity index (χ2n) is 4.20. The second kappa shape index (κ2) is 7.61. The number of hydrogen-bond donors (Lipinski definition) is 1. The Hall–Kier alpha value is -0.780. The third-order valence-corrected chi connectivity index (χ3v) is 3.45. The summed E-state index contributed by atoms with van der Waals surface area (Å²) in [5.41, 5.74) is 6.63. The lowest BCUT2D eigenvalue weighted by atomic mass is 10.2. The van der Waals surface area contributed by atoms with E-state index in [4.69, 9.17) is 22.7 Å². The Labute approximate surface area is 119 Å². The van der Waals surface area contributed by atoms with E-state index in [0.29, 0.717) is 11.6 Å². The molecule has 2 N–H and O–H groups in total. The van der Waals surface area contributed by atoms with Gasteiger partial charge in [-0.1, -0.05) is 18.3 Å². The van der Waals surface area contributed by atoms with Gasteiger partial charge in [-0.2, -0.15) is 0 Å². The summed E-state index contributed by atoms with van der Waals surface area (Å²) in [7, 11) is 4.10. The zero-order chi connectivity index (χ0) is 13.5. The van der Waals surface area contributed by atoms with Crippen molar-refractivity contribution >= 4 is 29.0 Å². The average Bonchev–Trinajstić information content (AvgIpc) is 2.33. The summed E-state index contributed by atoms with van der Waals surface area (Å²) in [6.07, 6.45) is 2.99. The van der Waals surface area contributed by atoms with Gasteiger partial charge in [-0.05, 0) is 38.9 Å². The fourth-order valence-corrected chi connectivity index (χ4v) is 2.51. The van der Waals surface area contributed by atoms with E-state index in [1.165, 1.54) is 0 Å². The highest BCUT2D eigenvalue weighted by Crippen LogP contribution is 2.28. The molecule has 0 aromatic heterocycles. The quantitative estimate of drug-likeness (QED) is 0.473. The minimum atomic E-state index is 0.391. The van der Waals surface area contributed by atoms with Crippen molar-refractivity contribution in [2.24, 2.45) is 5.73 Å². The summed E-state index contributed by atoms with van der Waals surface area (Å²) in [6, 6.07) is 5.89. The second-order valence-corrected chi connectivity index (χ2v) is 5.49. The molecule has 0 fully saturated rings. The molecule has 0 amide bonds. The molecule has 100 valence electrons. The molecule has 1 aromatic rings. The van der Waals surface area contributed by atoms with Crippen molar-refractivity contribution in [3.05, 3.63) is 23.8 Å². The molecule has 0 unspecified atom stereocenters. The maximum atomic E-state index is 5.78. The molecular weight excluding hydrogens is 264 g/mol. The maximum absolute atomic E-state index is 5.78. The summed E-state index contributed by atoms with van der Waals surface area (Å²) >= 11 is 6.73. The minimum Gasteiger partial charge on any atom is -0.493 e. The number of thioether (sulfide) groups is 1. The third-order valence-electron chi connectivity index (χ3n) is 2.46. The van der Waals surface area contributed by atoms with Crippen LogP contribution in [0.2, 0.25) is 0 Å². The molecule has 0 aliphatic rings. The van der Waals surface area contributed by atoms with Crippen molar-refractivity contribution in [3.8, 4) is 5.75 Å². The maximum Gasteiger partial charge on any atom is 0.130 e. The van der Waals surface area contributed by atoms with Gasteiger partial charge in [0.2, 0.25) is 0 Å². The normalized spacial score (nSPS) is 10.7. The Morgan fingerprint density at radius 2 is 2.17 bits per heavy atom. The van der Waals surface area contributed by atoms with E-state index in [0.717, 1.165) is 29.2 Å². The van der Waals surface area contributed by atoms with Crippen LogP contribution in [-0.4, -0.2) is 43.4 Å². The predicted molar refractivity (Wildman–Crippen MR) is 82.8 cm³/mol. The van der Waals surface area contributed by atoms with Crippen LogP contribution in [-0.2, 0) is 0 Å². The van der Waals surface area contributed by atoms with E-state index in [2.05, 4.69) is 19.0 Å². The van der Waals surface area contributed by atoms with E-state index >= 15 is 0 Å². The van der Waals surface area contributed by atoms with Crippen LogP contribution in [0.1, 0.15) is 12.0 Å². The number of benzene rings is 1. The summed E-state index contributed by atoms with van der Waals surface area (Å²) in [6.45, 7) is 1.68. The molecular formula is C13H20N2OS2. The minimum absolute atomic E-state index is 0.391. The number of hydrogen-bond acceptors (Lipinski definition) is 4. The monoisotopic (exact) mass is 284 g/mol. The van der Waals surface area contributed by atoms with Crippen molar-refractivity contribution in [1.82, 2.24) is 4.90 Å². The molecule has 0 aliphatic heterocycles. The standard InChI is InChI=1S/C13H20N2OS2/c1-15(2)8-5-9-16-10-6-4-7-11(18-3)12(10)13(14)17/h4,6-7H,5,8-9H2,1-3H3,(H2,14,17). The Kier molecular flexibility index (Phi) is 6.46. The first kappa shape index (κ1) is 15.3. The fraction of sp³-hybridized carbons (Fsp3) is 0.462. The largest absolute Gasteiger partial charge is 0.493 e. The van der Waals surface area contributed by atoms with Crippen LogP contribution in [0.4, 0.5) is 0 Å². The van der Waals surface area contributed by atoms with Crippen molar-refractivity contribution in [3.63, 3.8) is 0 Å². The Morgan fingerprint density at radius 3 is 2.72 bits per heavy atom. The molecule has 0 bridgehead atoms. The lowest BCUT2D eigenvalue weighted by Crippen LogP contribution is -2.17. The topological polar surface area (TPSA) is 38.5 Å². The summed E-state index contributed by atoms with van der Waals surface area (Å²) in [5, 5.41) is 0. The smallest absolute Gasteiger partial charge is 0.130 e. The van der Waals surface area contributed by atoms with Gasteiger partial charge >= 0.3 is 0 Å². The Bertz CT molecular complexity index is 408. The third kappa shape index (κ3) is 4.48. The van der Waals surface area contributed by atoms with E-state index in [1.807, 2.05) is 24.5 Å². The number of thiocarbonyl (C=S) groups is 1. The van der Waals surface area contributed by atoms with Crippen molar-refractivity contribution in [1.29, 1.82) is 0 Å². The van der Waals surface area contributed by atoms with Crippen molar-refractivity contribution in [2.45, 2.75) is 11.3 Å². The van der Waals surface area contributed by atoms with Gasteiger partial charge < -0.3 is 15.4 Å². The van der Waals surface area contributed by atoms with Crippen LogP contribution in [0.15, 0.2) is 23.1 Å². The molecule has 0 heterocycles. The SMILES string of the molecule is CSc1cccc(OCCCN(C)C)c1C(N)=S. The summed E-state index contributed by atoms with van der Waals surface area (Å²) < 4.78 is 5.78. The lowest BCUT2D eigenvalue weighted by Gasteiger charge is -2.14. The van der Waals surface area contributed by atoms with Gasteiger partial charge in [0.15, 0.2) is 0 Å². The van der Waals surface area contributed by atoms with Gasteiger partial charge in [0.25, 0.3) is 0 Å². The van der Waals surface area contributed by atoms with E-state index in [1.54, 1.807) is 11.8 Å². The van der Waals surface area contributed by atoms with Crippen LogP contribution in [0.25, 0.3) is 0 Å². The zero-order valence-corrected chi connectivity index (χ0v) is 12.7. The molecule has 0 saturated carbocycles. The van der Waals surface area contributed by atoms with Crippen molar-refractivity contribution < 1.29 is 4.74 Å². The average molecular weight is 284 g/mol. The van der Waals surface area contributed by atoms with Crippen LogP contribution in [0.5, 0.6) is 5.75 Å². The highest BCUT2D eigenvalue weighted by atomic mass is 32.2. The molecule has 3 nitrogen and oxygen atoms in total. The van der Waals surface area contributed by atoms with Crippen LogP contribution in [0, 0.1) is 0 Å². The first-order chi connectivity index (χ1) is 8.56. The molecule has 0 atom stereocenters. The number of ether oxygens (including phenoxy) is 1. The predicted octanol–water partition coefficient (Wildman–Crippen LogP) is 2.37. The first-order valence-electron chi connectivity index (χ1n) is 5.80. The van der Waals surface area contributed by atoms with E-state index in [9.17, 15) is 0 Å². The highest BCUT2D eigenvalue weighted by molar-refractivity contribution is 7.98. The van der Waals surface area contributed by atoms with Crippen molar-refractivity contribution in [2.75, 3.05) is 33.5 Å². The van der Waals surface area contributed by atoms with Gasteiger partial charge in [-0.15, -0.1) is 11.8 Å². The van der Waals surface area contributed by atoms with Gasteiger partial charge in [0.05, 0.1) is 12.2 Å². The van der Waals surface area contributed by atoms with Gasteiger partial charge in [0.1, 0.15) is 10.7 Å². The first-order valence-corrected chi connectivity index (χ1v) is 7.44. The van der Waals surface area contributed by atoms with E-state index < -0.39 is 0 Å². The number of rotatable bonds is 7. The highest BCUT2D eigenvalue weighted by Gasteiger charge is 2.11. The summed E-state index contributed by atoms with van der Waals surface area (Å²) in [4.78, 5) is 3.59. The number of nitrogens with two attached hydrogens (primary N) is 1. The molecule has 0 spiro atoms. The molecule has 5 heteroatoms. The molecule has 0 radical (unpaired) electrons. The lowest BCUT2D eigenvalue weighted by molar-refractivity contribution is 0.281. The van der Waals surface area contributed by atoms with Crippen LogP contribution >= 0.6 is 24.0 Å². The Balaban J connectivity index is 2.72. The van der Waals surface area contributed by atoms with Gasteiger partial charge in [-0.25, -0.2) is 0 Å². The van der Waals surface area contributed by atoms with Gasteiger partial charge in [-0.3, -0.25) is 0 Å². The Morgan fingerprint density at radius 1 is 1.44 bits per heavy atom.